The lowest BCUT2D eigenvalue weighted by Gasteiger charge is -2.20. The maximum atomic E-state index is 5.00. The van der Waals surface area contributed by atoms with Crippen molar-refractivity contribution in [2.45, 2.75) is 25.4 Å². The molecule has 77 valence electrons. The molecular formula is C10H16N3O. The summed E-state index contributed by atoms with van der Waals surface area (Å²) in [6, 6.07) is 3.26. The van der Waals surface area contributed by atoms with Gasteiger partial charge in [-0.1, -0.05) is 0 Å². The van der Waals surface area contributed by atoms with Crippen LogP contribution in [-0.4, -0.2) is 30.4 Å². The van der Waals surface area contributed by atoms with Crippen LogP contribution in [0.15, 0.2) is 0 Å². The second kappa shape index (κ2) is 4.57. The van der Waals surface area contributed by atoms with Gasteiger partial charge in [-0.3, -0.25) is 5.10 Å². The molecule has 14 heavy (non-hydrogen) atoms. The first-order valence-corrected chi connectivity index (χ1v) is 5.06. The highest BCUT2D eigenvalue weighted by atomic mass is 16.5. The maximum absolute atomic E-state index is 5.00. The van der Waals surface area contributed by atoms with Crippen LogP contribution in [0.25, 0.3) is 0 Å². The topological polar surface area (TPSA) is 49.9 Å². The van der Waals surface area contributed by atoms with Crippen molar-refractivity contribution in [1.29, 1.82) is 0 Å². The molecule has 1 aliphatic rings. The number of methoxy groups -OCH3 is 1. The molecular weight excluding hydrogens is 178 g/mol. The Bertz CT molecular complexity index is 279. The number of aromatic amines is 1. The Labute approximate surface area is 84.0 Å². The van der Waals surface area contributed by atoms with Crippen LogP contribution in [0.3, 0.4) is 0 Å². The fourth-order valence-electron chi connectivity index (χ4n) is 1.85. The Hall–Kier alpha value is -0.870. The van der Waals surface area contributed by atoms with Crippen molar-refractivity contribution >= 4 is 0 Å². The van der Waals surface area contributed by atoms with Crippen molar-refractivity contribution in [3.8, 4) is 0 Å². The lowest BCUT2D eigenvalue weighted by molar-refractivity contribution is 0.181. The summed E-state index contributed by atoms with van der Waals surface area (Å²) in [5.74, 6) is 0.592. The predicted octanol–water partition coefficient (Wildman–Crippen LogP) is 0.823. The largest absolute Gasteiger partial charge is 0.378 e. The van der Waals surface area contributed by atoms with Crippen LogP contribution in [-0.2, 0) is 11.3 Å². The quantitative estimate of drug-likeness (QED) is 0.749. The Morgan fingerprint density at radius 2 is 2.29 bits per heavy atom. The molecule has 0 atom stereocenters. The summed E-state index contributed by atoms with van der Waals surface area (Å²) in [7, 11) is 1.67. The summed E-state index contributed by atoms with van der Waals surface area (Å²) < 4.78 is 5.00. The highest BCUT2D eigenvalue weighted by Gasteiger charge is 2.17. The lowest BCUT2D eigenvalue weighted by atomic mass is 9.95. The monoisotopic (exact) mass is 194 g/mol. The Kier molecular flexibility index (Phi) is 3.16. The highest BCUT2D eigenvalue weighted by Crippen LogP contribution is 2.23. The van der Waals surface area contributed by atoms with Gasteiger partial charge in [0.05, 0.1) is 12.3 Å². The van der Waals surface area contributed by atoms with Gasteiger partial charge in [0.1, 0.15) is 0 Å². The summed E-state index contributed by atoms with van der Waals surface area (Å²) >= 11 is 0. The van der Waals surface area contributed by atoms with Crippen LogP contribution in [0.2, 0.25) is 0 Å². The van der Waals surface area contributed by atoms with E-state index in [9.17, 15) is 0 Å². The van der Waals surface area contributed by atoms with Crippen molar-refractivity contribution in [3.63, 3.8) is 0 Å². The number of hydrogen-bond acceptors (Lipinski definition) is 3. The van der Waals surface area contributed by atoms with E-state index in [0.29, 0.717) is 12.5 Å². The standard InChI is InChI=1S/C10H16N3O/c1-14-7-9-6-10(13-12-9)8-2-4-11-5-3-8/h8,11H,2-5,7H2,1H3,(H,12,13). The van der Waals surface area contributed by atoms with Crippen LogP contribution in [0.5, 0.6) is 0 Å². The molecule has 1 radical (unpaired) electrons. The number of H-pyrrole nitrogens is 1. The third kappa shape index (κ3) is 2.13. The van der Waals surface area contributed by atoms with Crippen LogP contribution in [0.4, 0.5) is 0 Å². The summed E-state index contributed by atoms with van der Waals surface area (Å²) in [5, 5.41) is 10.5. The van der Waals surface area contributed by atoms with Crippen molar-refractivity contribution in [3.05, 3.63) is 17.5 Å². The normalized spacial score (nSPS) is 18.6. The molecule has 0 aromatic carbocycles. The second-order valence-electron chi connectivity index (χ2n) is 3.67. The van der Waals surface area contributed by atoms with Gasteiger partial charge in [-0.2, -0.15) is 5.10 Å². The molecule has 0 bridgehead atoms. The van der Waals surface area contributed by atoms with E-state index in [1.54, 1.807) is 7.11 Å². The SMILES string of the molecule is COCc1[c]c(C2CCNCC2)[nH]n1. The molecule has 2 heterocycles. The predicted molar refractivity (Wildman–Crippen MR) is 53.0 cm³/mol. The fraction of sp³-hybridized carbons (Fsp3) is 0.700. The molecule has 1 aromatic heterocycles. The summed E-state index contributed by atoms with van der Waals surface area (Å²) in [6.07, 6.45) is 2.34. The Morgan fingerprint density at radius 1 is 1.50 bits per heavy atom. The van der Waals surface area contributed by atoms with E-state index in [1.807, 2.05) is 0 Å². The van der Waals surface area contributed by atoms with E-state index < -0.39 is 0 Å². The molecule has 0 aliphatic carbocycles. The average Bonchev–Trinajstić information content (AvgIpc) is 2.68. The van der Waals surface area contributed by atoms with Gasteiger partial charge >= 0.3 is 0 Å². The van der Waals surface area contributed by atoms with Gasteiger partial charge in [-0.25, -0.2) is 0 Å². The van der Waals surface area contributed by atoms with Crippen molar-refractivity contribution < 1.29 is 4.74 Å². The zero-order chi connectivity index (χ0) is 9.80. The number of piperidine rings is 1. The third-order valence-electron chi connectivity index (χ3n) is 2.62. The van der Waals surface area contributed by atoms with E-state index in [0.717, 1.165) is 24.5 Å². The molecule has 1 fully saturated rings. The molecule has 4 nitrogen and oxygen atoms in total. The van der Waals surface area contributed by atoms with Crippen LogP contribution >= 0.6 is 0 Å². The molecule has 0 spiro atoms. The van der Waals surface area contributed by atoms with E-state index in [-0.39, 0.29) is 0 Å². The zero-order valence-electron chi connectivity index (χ0n) is 8.47. The zero-order valence-corrected chi connectivity index (χ0v) is 8.47. The number of ether oxygens (including phenoxy) is 1. The number of nitrogens with one attached hydrogen (secondary N) is 2. The van der Waals surface area contributed by atoms with Gasteiger partial charge in [-0.15, -0.1) is 0 Å². The van der Waals surface area contributed by atoms with Crippen molar-refractivity contribution in [2.24, 2.45) is 0 Å². The van der Waals surface area contributed by atoms with Gasteiger partial charge in [0.25, 0.3) is 0 Å². The Balaban J connectivity index is 2.00. The van der Waals surface area contributed by atoms with E-state index in [1.165, 1.54) is 12.8 Å². The molecule has 0 saturated carbocycles. The molecule has 0 amide bonds. The van der Waals surface area contributed by atoms with E-state index in [2.05, 4.69) is 21.6 Å². The summed E-state index contributed by atoms with van der Waals surface area (Å²) in [5.41, 5.74) is 2.01. The first-order chi connectivity index (χ1) is 6.90. The second-order valence-corrected chi connectivity index (χ2v) is 3.67. The van der Waals surface area contributed by atoms with E-state index >= 15 is 0 Å². The maximum Gasteiger partial charge on any atom is 0.0961 e. The summed E-state index contributed by atoms with van der Waals surface area (Å²) in [6.45, 7) is 2.73. The van der Waals surface area contributed by atoms with Crippen molar-refractivity contribution in [2.75, 3.05) is 20.2 Å². The van der Waals surface area contributed by atoms with Crippen LogP contribution in [0, 0.1) is 6.07 Å². The van der Waals surface area contributed by atoms with Gasteiger partial charge in [0.2, 0.25) is 0 Å². The first kappa shape index (κ1) is 9.68. The summed E-state index contributed by atoms with van der Waals surface area (Å²) in [4.78, 5) is 0. The average molecular weight is 194 g/mol. The molecule has 1 aliphatic heterocycles. The molecule has 2 N–H and O–H groups in total. The number of hydrogen-bond donors (Lipinski definition) is 2. The molecule has 1 aromatic rings. The van der Waals surface area contributed by atoms with Crippen molar-refractivity contribution in [1.82, 2.24) is 15.5 Å². The molecule has 4 heteroatoms. The minimum absolute atomic E-state index is 0.543. The van der Waals surface area contributed by atoms with Crippen LogP contribution < -0.4 is 5.32 Å². The Morgan fingerprint density at radius 3 is 3.00 bits per heavy atom. The van der Waals surface area contributed by atoms with E-state index in [4.69, 9.17) is 4.74 Å². The smallest absolute Gasteiger partial charge is 0.0961 e. The number of aromatic nitrogens is 2. The van der Waals surface area contributed by atoms with Crippen LogP contribution in [0.1, 0.15) is 30.1 Å². The first-order valence-electron chi connectivity index (χ1n) is 5.06. The molecule has 0 unspecified atom stereocenters. The highest BCUT2D eigenvalue weighted by molar-refractivity contribution is 5.11. The molecule has 1 saturated heterocycles. The number of nitrogens with zero attached hydrogens (tertiary/aromatic N) is 1. The third-order valence-corrected chi connectivity index (χ3v) is 2.62. The van der Waals surface area contributed by atoms with Gasteiger partial charge < -0.3 is 10.1 Å². The minimum atomic E-state index is 0.543. The fourth-order valence-corrected chi connectivity index (χ4v) is 1.85. The minimum Gasteiger partial charge on any atom is -0.378 e. The molecule has 2 rings (SSSR count). The van der Waals surface area contributed by atoms with Gasteiger partial charge in [0, 0.05) is 24.8 Å². The lowest BCUT2D eigenvalue weighted by Crippen LogP contribution is -2.26. The number of rotatable bonds is 3. The van der Waals surface area contributed by atoms with Gasteiger partial charge in [0.15, 0.2) is 0 Å². The van der Waals surface area contributed by atoms with Gasteiger partial charge in [-0.05, 0) is 25.9 Å².